The highest BCUT2D eigenvalue weighted by Gasteiger charge is 2.15. The fourth-order valence-corrected chi connectivity index (χ4v) is 2.34. The number of ether oxygens (including phenoxy) is 1. The lowest BCUT2D eigenvalue weighted by molar-refractivity contribution is -0.122. The van der Waals surface area contributed by atoms with Crippen LogP contribution in [-0.4, -0.2) is 31.6 Å². The fourth-order valence-electron chi connectivity index (χ4n) is 2.12. The highest BCUT2D eigenvalue weighted by molar-refractivity contribution is 6.32. The number of benzene rings is 1. The fraction of sp³-hybridized carbons (Fsp3) is 0.500. The molecule has 0 saturated carbocycles. The molecule has 20 heavy (non-hydrogen) atoms. The molecule has 0 spiro atoms. The second kappa shape index (κ2) is 7.45. The van der Waals surface area contributed by atoms with Crippen LogP contribution < -0.4 is 15.4 Å². The summed E-state index contributed by atoms with van der Waals surface area (Å²) in [4.78, 5) is 11.7. The third-order valence-electron chi connectivity index (χ3n) is 3.14. The molecule has 1 fully saturated rings. The van der Waals surface area contributed by atoms with Crippen molar-refractivity contribution in [3.8, 4) is 5.75 Å². The third kappa shape index (κ3) is 4.65. The number of hydrogen-bond acceptors (Lipinski definition) is 3. The van der Waals surface area contributed by atoms with Gasteiger partial charge in [-0.1, -0.05) is 11.6 Å². The van der Waals surface area contributed by atoms with Crippen molar-refractivity contribution in [1.29, 1.82) is 0 Å². The first-order valence-corrected chi connectivity index (χ1v) is 7.11. The molecule has 0 unspecified atom stereocenters. The van der Waals surface area contributed by atoms with E-state index in [2.05, 4.69) is 10.6 Å². The molecule has 1 heterocycles. The van der Waals surface area contributed by atoms with Crippen molar-refractivity contribution in [3.63, 3.8) is 0 Å². The molecule has 1 aromatic carbocycles. The first kappa shape index (κ1) is 15.1. The van der Waals surface area contributed by atoms with Crippen LogP contribution in [0.5, 0.6) is 5.75 Å². The molecule has 0 aliphatic carbocycles. The third-order valence-corrected chi connectivity index (χ3v) is 3.44. The van der Waals surface area contributed by atoms with Crippen molar-refractivity contribution in [2.75, 3.05) is 19.7 Å². The quantitative estimate of drug-likeness (QED) is 0.876. The van der Waals surface area contributed by atoms with Gasteiger partial charge in [0.2, 0.25) is 5.91 Å². The Balaban J connectivity index is 1.70. The normalized spacial score (nSPS) is 18.6. The maximum atomic E-state index is 12.8. The van der Waals surface area contributed by atoms with E-state index in [0.717, 1.165) is 25.9 Å². The van der Waals surface area contributed by atoms with Gasteiger partial charge in [0.05, 0.1) is 18.1 Å². The maximum absolute atomic E-state index is 12.8. The van der Waals surface area contributed by atoms with Crippen LogP contribution in [0.2, 0.25) is 5.02 Å². The molecular weight excluding hydrogens is 283 g/mol. The van der Waals surface area contributed by atoms with Gasteiger partial charge in [-0.2, -0.15) is 0 Å². The van der Waals surface area contributed by atoms with E-state index in [4.69, 9.17) is 16.3 Å². The van der Waals surface area contributed by atoms with Crippen LogP contribution in [0.4, 0.5) is 4.39 Å². The zero-order chi connectivity index (χ0) is 14.4. The maximum Gasteiger partial charge on any atom is 0.223 e. The highest BCUT2D eigenvalue weighted by atomic mass is 35.5. The van der Waals surface area contributed by atoms with Gasteiger partial charge in [-0.15, -0.1) is 0 Å². The predicted octanol–water partition coefficient (Wildman–Crippen LogP) is 2.12. The molecule has 1 aliphatic rings. The van der Waals surface area contributed by atoms with Crippen molar-refractivity contribution in [2.45, 2.75) is 25.3 Å². The molecule has 0 bridgehead atoms. The smallest absolute Gasteiger partial charge is 0.223 e. The predicted molar refractivity (Wildman–Crippen MR) is 75.6 cm³/mol. The largest absolute Gasteiger partial charge is 0.491 e. The number of rotatable bonds is 5. The molecule has 2 rings (SSSR count). The van der Waals surface area contributed by atoms with Crippen molar-refractivity contribution < 1.29 is 13.9 Å². The summed E-state index contributed by atoms with van der Waals surface area (Å²) in [5.41, 5.74) is 0. The Morgan fingerprint density at radius 1 is 1.55 bits per heavy atom. The molecule has 0 radical (unpaired) electrons. The molecule has 6 heteroatoms. The molecule has 1 aromatic rings. The minimum Gasteiger partial charge on any atom is -0.491 e. The molecule has 1 atom stereocenters. The second-order valence-corrected chi connectivity index (χ2v) is 5.19. The molecule has 0 aromatic heterocycles. The standard InChI is InChI=1S/C14H18ClFN2O2/c15-12-8-10(16)3-4-13(12)20-7-5-14(19)18-11-2-1-6-17-9-11/h3-4,8,11,17H,1-2,5-7,9H2,(H,18,19)/t11-/m0/s1. The zero-order valence-corrected chi connectivity index (χ0v) is 11.9. The van der Waals surface area contributed by atoms with E-state index in [-0.39, 0.29) is 30.0 Å². The van der Waals surface area contributed by atoms with Gasteiger partial charge < -0.3 is 15.4 Å². The lowest BCUT2D eigenvalue weighted by atomic mass is 10.1. The summed E-state index contributed by atoms with van der Waals surface area (Å²) < 4.78 is 18.2. The van der Waals surface area contributed by atoms with E-state index in [1.807, 2.05) is 0 Å². The van der Waals surface area contributed by atoms with Crippen molar-refractivity contribution in [1.82, 2.24) is 10.6 Å². The topological polar surface area (TPSA) is 50.4 Å². The van der Waals surface area contributed by atoms with Gasteiger partial charge in [-0.05, 0) is 37.6 Å². The molecule has 2 N–H and O–H groups in total. The number of amides is 1. The first-order valence-electron chi connectivity index (χ1n) is 6.73. The average molecular weight is 301 g/mol. The van der Waals surface area contributed by atoms with E-state index in [0.29, 0.717) is 5.75 Å². The van der Waals surface area contributed by atoms with Crippen molar-refractivity contribution >= 4 is 17.5 Å². The molecule has 110 valence electrons. The van der Waals surface area contributed by atoms with Gasteiger partial charge >= 0.3 is 0 Å². The first-order chi connectivity index (χ1) is 9.65. The van der Waals surface area contributed by atoms with Crippen molar-refractivity contribution in [2.24, 2.45) is 0 Å². The summed E-state index contributed by atoms with van der Waals surface area (Å²) >= 11 is 5.83. The van der Waals surface area contributed by atoms with Gasteiger partial charge in [0.25, 0.3) is 0 Å². The summed E-state index contributed by atoms with van der Waals surface area (Å²) in [7, 11) is 0. The van der Waals surface area contributed by atoms with Crippen LogP contribution >= 0.6 is 11.6 Å². The molecule has 4 nitrogen and oxygen atoms in total. The Hall–Kier alpha value is -1.33. The summed E-state index contributed by atoms with van der Waals surface area (Å²) in [5.74, 6) is -0.0676. The number of hydrogen-bond donors (Lipinski definition) is 2. The Morgan fingerprint density at radius 2 is 2.40 bits per heavy atom. The Kier molecular flexibility index (Phi) is 5.61. The van der Waals surface area contributed by atoms with Crippen LogP contribution in [0.3, 0.4) is 0 Å². The summed E-state index contributed by atoms with van der Waals surface area (Å²) in [6.45, 7) is 2.05. The Labute approximate surface area is 122 Å². The lowest BCUT2D eigenvalue weighted by Gasteiger charge is -2.23. The van der Waals surface area contributed by atoms with Crippen LogP contribution in [-0.2, 0) is 4.79 Å². The van der Waals surface area contributed by atoms with Gasteiger partial charge in [0, 0.05) is 12.6 Å². The minimum atomic E-state index is -0.412. The average Bonchev–Trinajstić information content (AvgIpc) is 2.42. The number of nitrogens with one attached hydrogen (secondary N) is 2. The number of carbonyl (C=O) groups excluding carboxylic acids is 1. The monoisotopic (exact) mass is 300 g/mol. The number of carbonyl (C=O) groups is 1. The highest BCUT2D eigenvalue weighted by Crippen LogP contribution is 2.24. The van der Waals surface area contributed by atoms with E-state index in [1.165, 1.54) is 18.2 Å². The molecule has 1 amide bonds. The van der Waals surface area contributed by atoms with Crippen LogP contribution in [0, 0.1) is 5.82 Å². The van der Waals surface area contributed by atoms with Gasteiger partial charge in [-0.25, -0.2) is 4.39 Å². The Bertz CT molecular complexity index is 464. The van der Waals surface area contributed by atoms with Gasteiger partial charge in [0.15, 0.2) is 0 Å². The van der Waals surface area contributed by atoms with E-state index < -0.39 is 5.82 Å². The van der Waals surface area contributed by atoms with E-state index >= 15 is 0 Å². The Morgan fingerprint density at radius 3 is 3.10 bits per heavy atom. The zero-order valence-electron chi connectivity index (χ0n) is 11.1. The van der Waals surface area contributed by atoms with E-state index in [1.54, 1.807) is 0 Å². The summed E-state index contributed by atoms with van der Waals surface area (Å²) in [6.07, 6.45) is 2.33. The summed E-state index contributed by atoms with van der Waals surface area (Å²) in [6, 6.07) is 4.12. The SMILES string of the molecule is O=C(CCOc1ccc(F)cc1Cl)N[C@H]1CCCNC1. The van der Waals surface area contributed by atoms with Crippen LogP contribution in [0.25, 0.3) is 0 Å². The minimum absolute atomic E-state index is 0.0445. The lowest BCUT2D eigenvalue weighted by Crippen LogP contribution is -2.45. The van der Waals surface area contributed by atoms with E-state index in [9.17, 15) is 9.18 Å². The molecule has 1 saturated heterocycles. The molecule has 1 aliphatic heterocycles. The number of piperidine rings is 1. The van der Waals surface area contributed by atoms with Gasteiger partial charge in [0.1, 0.15) is 11.6 Å². The summed E-state index contributed by atoms with van der Waals surface area (Å²) in [5, 5.41) is 6.40. The number of halogens is 2. The van der Waals surface area contributed by atoms with Gasteiger partial charge in [-0.3, -0.25) is 4.79 Å². The van der Waals surface area contributed by atoms with Crippen molar-refractivity contribution in [3.05, 3.63) is 29.0 Å². The molecular formula is C14H18ClFN2O2. The van der Waals surface area contributed by atoms with Crippen LogP contribution in [0.1, 0.15) is 19.3 Å². The second-order valence-electron chi connectivity index (χ2n) is 4.78. The van der Waals surface area contributed by atoms with Crippen LogP contribution in [0.15, 0.2) is 18.2 Å².